The number of hydrogen-bond acceptors (Lipinski definition) is 5. The van der Waals surface area contributed by atoms with Gasteiger partial charge in [0.05, 0.1) is 0 Å². The molecule has 2 N–H and O–H groups in total. The Labute approximate surface area is 114 Å². The van der Waals surface area contributed by atoms with E-state index in [0.717, 1.165) is 42.6 Å². The van der Waals surface area contributed by atoms with Crippen LogP contribution in [0.15, 0.2) is 6.07 Å². The molecule has 102 valence electrons. The highest BCUT2D eigenvalue weighted by atomic mass is 32.2. The minimum atomic E-state index is 0.416. The van der Waals surface area contributed by atoms with Gasteiger partial charge in [0.2, 0.25) is 0 Å². The van der Waals surface area contributed by atoms with Gasteiger partial charge in [-0.15, -0.1) is 0 Å². The summed E-state index contributed by atoms with van der Waals surface area (Å²) < 4.78 is 0. The van der Waals surface area contributed by atoms with Crippen molar-refractivity contribution in [3.63, 3.8) is 0 Å². The monoisotopic (exact) mass is 268 g/mol. The fourth-order valence-corrected chi connectivity index (χ4v) is 2.31. The first-order valence-electron chi connectivity index (χ1n) is 6.56. The number of thioether (sulfide) groups is 1. The summed E-state index contributed by atoms with van der Waals surface area (Å²) in [5.74, 6) is 3.82. The first kappa shape index (κ1) is 15.1. The molecule has 0 aliphatic heterocycles. The van der Waals surface area contributed by atoms with Crippen molar-refractivity contribution in [3.8, 4) is 0 Å². The predicted molar refractivity (Wildman–Crippen MR) is 81.7 cm³/mol. The third-order valence-corrected chi connectivity index (χ3v) is 3.25. The lowest BCUT2D eigenvalue weighted by atomic mass is 10.3. The number of hydrogen-bond donors (Lipinski definition) is 2. The van der Waals surface area contributed by atoms with Crippen LogP contribution in [0.5, 0.6) is 0 Å². The van der Waals surface area contributed by atoms with E-state index in [1.165, 1.54) is 0 Å². The Kier molecular flexibility index (Phi) is 6.86. The molecule has 0 spiro atoms. The normalized spacial score (nSPS) is 12.2. The van der Waals surface area contributed by atoms with E-state index in [1.807, 2.05) is 17.8 Å². The molecule has 1 aromatic rings. The molecule has 1 atom stereocenters. The molecule has 4 nitrogen and oxygen atoms in total. The van der Waals surface area contributed by atoms with Gasteiger partial charge in [0.1, 0.15) is 17.5 Å². The Morgan fingerprint density at radius 1 is 1.28 bits per heavy atom. The second-order valence-corrected chi connectivity index (χ2v) is 5.25. The maximum atomic E-state index is 4.56. The molecule has 0 fully saturated rings. The molecule has 0 aliphatic rings. The van der Waals surface area contributed by atoms with Crippen LogP contribution >= 0.6 is 11.8 Å². The summed E-state index contributed by atoms with van der Waals surface area (Å²) >= 11 is 1.84. The first-order valence-corrected chi connectivity index (χ1v) is 7.96. The van der Waals surface area contributed by atoms with Gasteiger partial charge in [-0.2, -0.15) is 11.8 Å². The van der Waals surface area contributed by atoms with Crippen LogP contribution in [-0.2, 0) is 6.42 Å². The standard InChI is InChI=1S/C13H24N4S/c1-5-7-11-16-12(14-6-2)8-13(17-11)15-10(3)9-18-4/h8,10H,5-7,9H2,1-4H3,(H2,14,15,16,17). The fraction of sp³-hybridized carbons (Fsp3) is 0.692. The maximum Gasteiger partial charge on any atom is 0.133 e. The number of nitrogens with one attached hydrogen (secondary N) is 2. The summed E-state index contributed by atoms with van der Waals surface area (Å²) in [6, 6.07) is 2.40. The molecule has 1 rings (SSSR count). The van der Waals surface area contributed by atoms with Gasteiger partial charge >= 0.3 is 0 Å². The van der Waals surface area contributed by atoms with Crippen LogP contribution in [0.2, 0.25) is 0 Å². The molecule has 0 bridgehead atoms. The third-order valence-electron chi connectivity index (χ3n) is 2.41. The molecular formula is C13H24N4S. The Morgan fingerprint density at radius 2 is 2.00 bits per heavy atom. The molecule has 0 radical (unpaired) electrons. The zero-order valence-corrected chi connectivity index (χ0v) is 12.6. The van der Waals surface area contributed by atoms with Crippen molar-refractivity contribution in [1.29, 1.82) is 0 Å². The highest BCUT2D eigenvalue weighted by Gasteiger charge is 2.06. The Balaban J connectivity index is 2.81. The van der Waals surface area contributed by atoms with Crippen LogP contribution in [0.25, 0.3) is 0 Å². The number of nitrogens with zero attached hydrogens (tertiary/aromatic N) is 2. The molecular weight excluding hydrogens is 244 g/mol. The summed E-state index contributed by atoms with van der Waals surface area (Å²) in [7, 11) is 0. The number of aromatic nitrogens is 2. The highest BCUT2D eigenvalue weighted by Crippen LogP contribution is 2.14. The smallest absolute Gasteiger partial charge is 0.133 e. The quantitative estimate of drug-likeness (QED) is 0.759. The first-order chi connectivity index (χ1) is 8.69. The minimum Gasteiger partial charge on any atom is -0.370 e. The molecule has 0 aliphatic carbocycles. The molecule has 1 aromatic heterocycles. The van der Waals surface area contributed by atoms with Crippen molar-refractivity contribution in [2.45, 2.75) is 39.7 Å². The second kappa shape index (κ2) is 8.19. The van der Waals surface area contributed by atoms with Gasteiger partial charge < -0.3 is 10.6 Å². The van der Waals surface area contributed by atoms with Crippen LogP contribution in [0.4, 0.5) is 11.6 Å². The summed E-state index contributed by atoms with van der Waals surface area (Å²) in [5.41, 5.74) is 0. The van der Waals surface area contributed by atoms with E-state index >= 15 is 0 Å². The van der Waals surface area contributed by atoms with E-state index in [9.17, 15) is 0 Å². The molecule has 18 heavy (non-hydrogen) atoms. The van der Waals surface area contributed by atoms with Crippen molar-refractivity contribution < 1.29 is 0 Å². The highest BCUT2D eigenvalue weighted by molar-refractivity contribution is 7.98. The predicted octanol–water partition coefficient (Wildman–Crippen LogP) is 3.02. The van der Waals surface area contributed by atoms with E-state index in [2.05, 4.69) is 47.6 Å². The lowest BCUT2D eigenvalue weighted by Crippen LogP contribution is -2.19. The summed E-state index contributed by atoms with van der Waals surface area (Å²) in [5, 5.41) is 6.68. The van der Waals surface area contributed by atoms with Gasteiger partial charge in [-0.1, -0.05) is 6.92 Å². The van der Waals surface area contributed by atoms with Crippen LogP contribution in [0.1, 0.15) is 33.0 Å². The number of aryl methyl sites for hydroxylation is 1. The Hall–Kier alpha value is -0.970. The molecule has 1 unspecified atom stereocenters. The number of anilines is 2. The molecule has 5 heteroatoms. The van der Waals surface area contributed by atoms with E-state index < -0.39 is 0 Å². The lowest BCUT2D eigenvalue weighted by Gasteiger charge is -2.15. The maximum absolute atomic E-state index is 4.56. The van der Waals surface area contributed by atoms with Crippen molar-refractivity contribution in [1.82, 2.24) is 9.97 Å². The molecule has 0 amide bonds. The molecule has 0 saturated carbocycles. The third kappa shape index (κ3) is 5.12. The zero-order chi connectivity index (χ0) is 13.4. The fourth-order valence-electron chi connectivity index (χ4n) is 1.72. The van der Waals surface area contributed by atoms with Gasteiger partial charge in [0.25, 0.3) is 0 Å². The minimum absolute atomic E-state index is 0.416. The SMILES string of the molecule is CCCc1nc(NCC)cc(NC(C)CSC)n1. The van der Waals surface area contributed by atoms with Crippen LogP contribution < -0.4 is 10.6 Å². The van der Waals surface area contributed by atoms with Crippen LogP contribution in [0.3, 0.4) is 0 Å². The number of rotatable bonds is 8. The summed E-state index contributed by atoms with van der Waals surface area (Å²) in [4.78, 5) is 9.05. The average molecular weight is 268 g/mol. The molecule has 0 saturated heterocycles. The average Bonchev–Trinajstić information content (AvgIpc) is 2.29. The van der Waals surface area contributed by atoms with E-state index in [-0.39, 0.29) is 0 Å². The lowest BCUT2D eigenvalue weighted by molar-refractivity contribution is 0.824. The Bertz CT molecular complexity index is 333. The van der Waals surface area contributed by atoms with Crippen LogP contribution in [-0.4, -0.2) is 34.6 Å². The molecule has 0 aromatic carbocycles. The van der Waals surface area contributed by atoms with E-state index in [1.54, 1.807) is 0 Å². The van der Waals surface area contributed by atoms with E-state index in [4.69, 9.17) is 0 Å². The van der Waals surface area contributed by atoms with E-state index in [0.29, 0.717) is 6.04 Å². The summed E-state index contributed by atoms with van der Waals surface area (Å²) in [6.45, 7) is 7.27. The second-order valence-electron chi connectivity index (χ2n) is 4.34. The van der Waals surface area contributed by atoms with Crippen molar-refractivity contribution >= 4 is 23.4 Å². The van der Waals surface area contributed by atoms with Gasteiger partial charge in [0, 0.05) is 30.8 Å². The van der Waals surface area contributed by atoms with Gasteiger partial charge in [-0.3, -0.25) is 0 Å². The largest absolute Gasteiger partial charge is 0.370 e. The van der Waals surface area contributed by atoms with Crippen LogP contribution in [0, 0.1) is 0 Å². The van der Waals surface area contributed by atoms with Crippen molar-refractivity contribution in [2.24, 2.45) is 0 Å². The van der Waals surface area contributed by atoms with Gasteiger partial charge in [-0.05, 0) is 26.5 Å². The van der Waals surface area contributed by atoms with Gasteiger partial charge in [-0.25, -0.2) is 9.97 Å². The topological polar surface area (TPSA) is 49.8 Å². The van der Waals surface area contributed by atoms with Crippen molar-refractivity contribution in [2.75, 3.05) is 29.2 Å². The summed E-state index contributed by atoms with van der Waals surface area (Å²) in [6.07, 6.45) is 4.10. The van der Waals surface area contributed by atoms with Gasteiger partial charge in [0.15, 0.2) is 0 Å². The van der Waals surface area contributed by atoms with Crippen molar-refractivity contribution in [3.05, 3.63) is 11.9 Å². The molecule has 1 heterocycles. The Morgan fingerprint density at radius 3 is 2.61 bits per heavy atom. The zero-order valence-electron chi connectivity index (χ0n) is 11.8.